The zero-order valence-corrected chi connectivity index (χ0v) is 15.0. The number of para-hydroxylation sites is 3. The number of hydrogen-bond donors (Lipinski definition) is 1. The molecule has 1 aliphatic heterocycles. The van der Waals surface area contributed by atoms with E-state index in [1.807, 2.05) is 61.5 Å². The molecule has 0 spiro atoms. The third kappa shape index (κ3) is 3.51. The number of nitrogens with zero attached hydrogens (tertiary/aromatic N) is 1. The van der Waals surface area contributed by atoms with Crippen molar-refractivity contribution in [3.63, 3.8) is 0 Å². The summed E-state index contributed by atoms with van der Waals surface area (Å²) < 4.78 is 11.2. The molecule has 6 heteroatoms. The Kier molecular flexibility index (Phi) is 4.54. The number of benzene rings is 2. The minimum absolute atomic E-state index is 0.00593. The monoisotopic (exact) mass is 364 g/mol. The number of rotatable bonds is 5. The molecule has 2 aromatic carbocycles. The van der Waals surface area contributed by atoms with Gasteiger partial charge in [0.15, 0.2) is 6.61 Å². The number of hydrogen-bond acceptors (Lipinski definition) is 4. The third-order valence-corrected chi connectivity index (χ3v) is 4.62. The highest BCUT2D eigenvalue weighted by Crippen LogP contribution is 2.31. The highest BCUT2D eigenvalue weighted by atomic mass is 16.5. The number of fused-ring (bicyclic) bond motifs is 2. The van der Waals surface area contributed by atoms with Gasteiger partial charge in [-0.05, 0) is 31.2 Å². The first-order valence-corrected chi connectivity index (χ1v) is 8.92. The lowest BCUT2D eigenvalue weighted by Gasteiger charge is -2.29. The van der Waals surface area contributed by atoms with Gasteiger partial charge in [-0.1, -0.05) is 30.3 Å². The molecule has 6 nitrogen and oxygen atoms in total. The van der Waals surface area contributed by atoms with Gasteiger partial charge in [0.2, 0.25) is 5.91 Å². The molecule has 0 bridgehead atoms. The van der Waals surface area contributed by atoms with E-state index < -0.39 is 0 Å². The van der Waals surface area contributed by atoms with Gasteiger partial charge in [-0.25, -0.2) is 0 Å². The Balaban J connectivity index is 1.39. The zero-order valence-electron chi connectivity index (χ0n) is 15.0. The fourth-order valence-corrected chi connectivity index (χ4v) is 3.21. The van der Waals surface area contributed by atoms with Crippen molar-refractivity contribution in [2.45, 2.75) is 19.4 Å². The lowest BCUT2D eigenvalue weighted by Crippen LogP contribution is -2.41. The lowest BCUT2D eigenvalue weighted by atomic mass is 10.2. The van der Waals surface area contributed by atoms with Gasteiger partial charge in [0.1, 0.15) is 17.1 Å². The van der Waals surface area contributed by atoms with Gasteiger partial charge < -0.3 is 19.4 Å². The van der Waals surface area contributed by atoms with Crippen LogP contribution in [0.3, 0.4) is 0 Å². The van der Waals surface area contributed by atoms with Crippen LogP contribution in [0.15, 0.2) is 59.0 Å². The van der Waals surface area contributed by atoms with E-state index in [1.165, 1.54) is 0 Å². The van der Waals surface area contributed by atoms with E-state index in [1.54, 1.807) is 4.90 Å². The van der Waals surface area contributed by atoms with Crippen LogP contribution in [0, 0.1) is 0 Å². The maximum atomic E-state index is 12.4. The Morgan fingerprint density at radius 1 is 1.19 bits per heavy atom. The molecule has 1 aliphatic rings. The molecule has 138 valence electrons. The number of carbonyl (C=O) groups is 2. The topological polar surface area (TPSA) is 71.8 Å². The molecule has 1 unspecified atom stereocenters. The molecule has 0 fully saturated rings. The van der Waals surface area contributed by atoms with Crippen molar-refractivity contribution in [2.75, 3.05) is 18.1 Å². The van der Waals surface area contributed by atoms with E-state index >= 15 is 0 Å². The van der Waals surface area contributed by atoms with Crippen molar-refractivity contribution in [2.24, 2.45) is 0 Å². The van der Waals surface area contributed by atoms with Gasteiger partial charge in [-0.15, -0.1) is 0 Å². The van der Waals surface area contributed by atoms with E-state index in [-0.39, 0.29) is 30.9 Å². The van der Waals surface area contributed by atoms with E-state index in [9.17, 15) is 9.59 Å². The standard InChI is InChI=1S/C21H20N2O4/c1-14(19-12-15-6-2-4-8-17(15)27-19)22-20(24)10-11-23-16-7-3-5-9-18(16)26-13-21(23)25/h2-9,12,14H,10-11,13H2,1H3,(H,22,24). The number of amides is 2. The summed E-state index contributed by atoms with van der Waals surface area (Å²) in [6.45, 7) is 2.18. The molecular formula is C21H20N2O4. The van der Waals surface area contributed by atoms with Crippen LogP contribution in [0.1, 0.15) is 25.1 Å². The molecule has 2 heterocycles. The fraction of sp³-hybridized carbons (Fsp3) is 0.238. The van der Waals surface area contributed by atoms with Gasteiger partial charge in [0, 0.05) is 18.4 Å². The van der Waals surface area contributed by atoms with Crippen LogP contribution in [0.25, 0.3) is 11.0 Å². The van der Waals surface area contributed by atoms with Gasteiger partial charge in [-0.3, -0.25) is 9.59 Å². The van der Waals surface area contributed by atoms with Crippen molar-refractivity contribution in [1.29, 1.82) is 0 Å². The maximum absolute atomic E-state index is 12.4. The van der Waals surface area contributed by atoms with Crippen LogP contribution in [-0.2, 0) is 9.59 Å². The SMILES string of the molecule is CC(NC(=O)CCN1C(=O)COc2ccccc21)c1cc2ccccc2o1. The van der Waals surface area contributed by atoms with Crippen molar-refractivity contribution in [3.8, 4) is 5.75 Å². The number of ether oxygens (including phenoxy) is 1. The molecular weight excluding hydrogens is 344 g/mol. The van der Waals surface area contributed by atoms with E-state index in [4.69, 9.17) is 9.15 Å². The van der Waals surface area contributed by atoms with Gasteiger partial charge in [0.25, 0.3) is 5.91 Å². The number of anilines is 1. The predicted octanol–water partition coefficient (Wildman–Crippen LogP) is 3.43. The Bertz CT molecular complexity index is 962. The Labute approximate surface area is 156 Å². The minimum atomic E-state index is -0.252. The largest absolute Gasteiger partial charge is 0.482 e. The molecule has 0 saturated carbocycles. The summed E-state index contributed by atoms with van der Waals surface area (Å²) in [7, 11) is 0. The minimum Gasteiger partial charge on any atom is -0.482 e. The van der Waals surface area contributed by atoms with E-state index in [0.717, 1.165) is 11.0 Å². The molecule has 4 rings (SSSR count). The number of nitrogens with one attached hydrogen (secondary N) is 1. The second-order valence-electron chi connectivity index (χ2n) is 6.53. The van der Waals surface area contributed by atoms with Crippen LogP contribution >= 0.6 is 0 Å². The van der Waals surface area contributed by atoms with Gasteiger partial charge in [0.05, 0.1) is 11.7 Å². The van der Waals surface area contributed by atoms with Gasteiger partial charge in [-0.2, -0.15) is 0 Å². The summed E-state index contributed by atoms with van der Waals surface area (Å²) in [5.74, 6) is 1.08. The molecule has 0 aliphatic carbocycles. The van der Waals surface area contributed by atoms with Crippen molar-refractivity contribution in [3.05, 3.63) is 60.4 Å². The van der Waals surface area contributed by atoms with Crippen molar-refractivity contribution >= 4 is 28.5 Å². The average molecular weight is 364 g/mol. The fourth-order valence-electron chi connectivity index (χ4n) is 3.21. The van der Waals surface area contributed by atoms with E-state index in [2.05, 4.69) is 5.32 Å². The Morgan fingerprint density at radius 3 is 2.81 bits per heavy atom. The van der Waals surface area contributed by atoms with Crippen molar-refractivity contribution in [1.82, 2.24) is 5.32 Å². The molecule has 0 radical (unpaired) electrons. The van der Waals surface area contributed by atoms with Crippen LogP contribution in [-0.4, -0.2) is 25.0 Å². The smallest absolute Gasteiger partial charge is 0.265 e. The summed E-state index contributed by atoms with van der Waals surface area (Å²) >= 11 is 0. The highest BCUT2D eigenvalue weighted by Gasteiger charge is 2.25. The molecule has 2 amide bonds. The molecule has 3 aromatic rings. The highest BCUT2D eigenvalue weighted by molar-refractivity contribution is 5.98. The summed E-state index contributed by atoms with van der Waals surface area (Å²) in [6, 6.07) is 16.7. The van der Waals surface area contributed by atoms with Crippen LogP contribution < -0.4 is 15.0 Å². The van der Waals surface area contributed by atoms with Gasteiger partial charge >= 0.3 is 0 Å². The molecule has 1 atom stereocenters. The summed E-state index contributed by atoms with van der Waals surface area (Å²) in [6.07, 6.45) is 0.199. The number of carbonyl (C=O) groups excluding carboxylic acids is 2. The molecule has 0 saturated heterocycles. The predicted molar refractivity (Wildman–Crippen MR) is 102 cm³/mol. The molecule has 1 N–H and O–H groups in total. The number of furan rings is 1. The first-order valence-electron chi connectivity index (χ1n) is 8.92. The van der Waals surface area contributed by atoms with Crippen LogP contribution in [0.2, 0.25) is 0 Å². The average Bonchev–Trinajstić information content (AvgIpc) is 3.11. The molecule has 1 aromatic heterocycles. The van der Waals surface area contributed by atoms with Crippen LogP contribution in [0.5, 0.6) is 5.75 Å². The first kappa shape index (κ1) is 17.1. The second kappa shape index (κ2) is 7.15. The van der Waals surface area contributed by atoms with Crippen molar-refractivity contribution < 1.29 is 18.7 Å². The summed E-state index contributed by atoms with van der Waals surface area (Å²) in [4.78, 5) is 26.1. The van der Waals surface area contributed by atoms with Crippen LogP contribution in [0.4, 0.5) is 5.69 Å². The molecule has 27 heavy (non-hydrogen) atoms. The third-order valence-electron chi connectivity index (χ3n) is 4.62. The Hall–Kier alpha value is -3.28. The lowest BCUT2D eigenvalue weighted by molar-refractivity contribution is -0.122. The van der Waals surface area contributed by atoms with E-state index in [0.29, 0.717) is 23.7 Å². The maximum Gasteiger partial charge on any atom is 0.265 e. The normalized spacial score (nSPS) is 14.6. The zero-order chi connectivity index (χ0) is 18.8. The first-order chi connectivity index (χ1) is 13.1. The Morgan fingerprint density at radius 2 is 1.96 bits per heavy atom. The second-order valence-corrected chi connectivity index (χ2v) is 6.53. The summed E-state index contributed by atoms with van der Waals surface area (Å²) in [5, 5.41) is 3.94. The summed E-state index contributed by atoms with van der Waals surface area (Å²) in [5.41, 5.74) is 1.50. The quantitative estimate of drug-likeness (QED) is 0.753.